The minimum absolute atomic E-state index is 0.0961. The first-order valence-corrected chi connectivity index (χ1v) is 8.43. The molecule has 2 amide bonds. The van der Waals surface area contributed by atoms with Gasteiger partial charge in [0.05, 0.1) is 6.54 Å². The quantitative estimate of drug-likeness (QED) is 0.788. The third-order valence-corrected chi connectivity index (χ3v) is 4.32. The van der Waals surface area contributed by atoms with Crippen molar-refractivity contribution in [2.75, 3.05) is 27.2 Å². The van der Waals surface area contributed by atoms with E-state index < -0.39 is 18.5 Å². The molecule has 0 saturated heterocycles. The lowest BCUT2D eigenvalue weighted by Gasteiger charge is -2.15. The lowest BCUT2D eigenvalue weighted by atomic mass is 10.2. The molecule has 2 aromatic rings. The number of hydrogen-bond donors (Lipinski definition) is 1. The lowest BCUT2D eigenvalue weighted by Crippen LogP contribution is -2.39. The van der Waals surface area contributed by atoms with Crippen LogP contribution in [0.1, 0.15) is 16.1 Å². The number of benzene rings is 1. The molecular formula is C17H19N3O4S. The number of hydrogen-bond acceptors (Lipinski definition) is 6. The minimum atomic E-state index is -0.670. The second-order valence-electron chi connectivity index (χ2n) is 5.40. The minimum Gasteiger partial charge on any atom is -0.451 e. The molecule has 0 fully saturated rings. The highest BCUT2D eigenvalue weighted by Crippen LogP contribution is 2.24. The van der Waals surface area contributed by atoms with Gasteiger partial charge < -0.3 is 15.0 Å². The van der Waals surface area contributed by atoms with Gasteiger partial charge in [0.25, 0.3) is 5.91 Å². The number of rotatable bonds is 6. The first kappa shape index (κ1) is 18.6. The van der Waals surface area contributed by atoms with E-state index in [4.69, 9.17) is 4.74 Å². The molecule has 132 valence electrons. The SMILES string of the molecule is CNC(=O)CN(C)C(=O)COC(=O)c1csc(-c2ccc(C)cc2)n1. The van der Waals surface area contributed by atoms with Crippen LogP contribution in [0.25, 0.3) is 10.6 Å². The van der Waals surface area contributed by atoms with Crippen LogP contribution in [0, 0.1) is 6.92 Å². The second kappa shape index (κ2) is 8.39. The summed E-state index contributed by atoms with van der Waals surface area (Å²) in [5, 5.41) is 4.71. The molecular weight excluding hydrogens is 342 g/mol. The molecule has 0 aliphatic rings. The fourth-order valence-corrected chi connectivity index (χ4v) is 2.69. The predicted molar refractivity (Wildman–Crippen MR) is 94.3 cm³/mol. The van der Waals surface area contributed by atoms with Crippen LogP contribution in [0.3, 0.4) is 0 Å². The van der Waals surface area contributed by atoms with Crippen LogP contribution in [0.5, 0.6) is 0 Å². The summed E-state index contributed by atoms with van der Waals surface area (Å²) in [6, 6.07) is 7.80. The fourth-order valence-electron chi connectivity index (χ4n) is 1.89. The monoisotopic (exact) mass is 361 g/mol. The highest BCUT2D eigenvalue weighted by atomic mass is 32.1. The average Bonchev–Trinajstić information content (AvgIpc) is 3.09. The highest BCUT2D eigenvalue weighted by molar-refractivity contribution is 7.13. The molecule has 0 radical (unpaired) electrons. The molecule has 1 heterocycles. The number of thiazole rings is 1. The number of amides is 2. The van der Waals surface area contributed by atoms with Crippen molar-refractivity contribution in [2.45, 2.75) is 6.92 Å². The summed E-state index contributed by atoms with van der Waals surface area (Å²) in [4.78, 5) is 40.5. The largest absolute Gasteiger partial charge is 0.451 e. The Morgan fingerprint density at radius 1 is 1.24 bits per heavy atom. The van der Waals surface area contributed by atoms with Crippen molar-refractivity contribution in [1.82, 2.24) is 15.2 Å². The number of aryl methyl sites for hydroxylation is 1. The van der Waals surface area contributed by atoms with Crippen LogP contribution in [-0.4, -0.2) is 54.9 Å². The number of aromatic nitrogens is 1. The van der Waals surface area contributed by atoms with E-state index in [1.165, 1.54) is 30.3 Å². The Morgan fingerprint density at radius 2 is 1.92 bits per heavy atom. The van der Waals surface area contributed by atoms with E-state index in [-0.39, 0.29) is 18.1 Å². The zero-order valence-corrected chi connectivity index (χ0v) is 15.1. The summed E-state index contributed by atoms with van der Waals surface area (Å²) in [7, 11) is 2.94. The maximum Gasteiger partial charge on any atom is 0.358 e. The molecule has 0 atom stereocenters. The Balaban J connectivity index is 1.92. The van der Waals surface area contributed by atoms with Crippen LogP contribution in [0.4, 0.5) is 0 Å². The van der Waals surface area contributed by atoms with E-state index in [1.54, 1.807) is 5.38 Å². The number of likely N-dealkylation sites (N-methyl/N-ethyl adjacent to an activating group) is 2. The Hall–Kier alpha value is -2.74. The number of carbonyl (C=O) groups is 3. The van der Waals surface area contributed by atoms with Crippen molar-refractivity contribution in [3.63, 3.8) is 0 Å². The topological polar surface area (TPSA) is 88.6 Å². The van der Waals surface area contributed by atoms with E-state index in [9.17, 15) is 14.4 Å². The molecule has 1 aromatic heterocycles. The smallest absolute Gasteiger partial charge is 0.358 e. The van der Waals surface area contributed by atoms with Crippen molar-refractivity contribution in [3.8, 4) is 10.6 Å². The van der Waals surface area contributed by atoms with E-state index in [1.807, 2.05) is 31.2 Å². The van der Waals surface area contributed by atoms with Gasteiger partial charge in [-0.05, 0) is 6.92 Å². The van der Waals surface area contributed by atoms with Crippen LogP contribution in [0.2, 0.25) is 0 Å². The molecule has 0 aliphatic carbocycles. The van der Waals surface area contributed by atoms with Crippen LogP contribution < -0.4 is 5.32 Å². The van der Waals surface area contributed by atoms with Crippen molar-refractivity contribution < 1.29 is 19.1 Å². The standard InChI is InChI=1S/C17H19N3O4S/c1-11-4-6-12(7-5-11)16-19-13(10-25-16)17(23)24-9-15(22)20(3)8-14(21)18-2/h4-7,10H,8-9H2,1-3H3,(H,18,21). The summed E-state index contributed by atoms with van der Waals surface area (Å²) in [5.41, 5.74) is 2.21. The molecule has 7 nitrogen and oxygen atoms in total. The van der Waals surface area contributed by atoms with Crippen LogP contribution >= 0.6 is 11.3 Å². The van der Waals surface area contributed by atoms with E-state index in [2.05, 4.69) is 10.3 Å². The van der Waals surface area contributed by atoms with Gasteiger partial charge in [-0.1, -0.05) is 29.8 Å². The second-order valence-corrected chi connectivity index (χ2v) is 6.26. The van der Waals surface area contributed by atoms with Crippen molar-refractivity contribution in [1.29, 1.82) is 0 Å². The van der Waals surface area contributed by atoms with Gasteiger partial charge in [0.15, 0.2) is 12.3 Å². The normalized spacial score (nSPS) is 10.2. The van der Waals surface area contributed by atoms with Crippen LogP contribution in [0.15, 0.2) is 29.6 Å². The zero-order valence-electron chi connectivity index (χ0n) is 14.2. The molecule has 1 aromatic carbocycles. The summed E-state index contributed by atoms with van der Waals surface area (Å²) < 4.78 is 4.98. The Kier molecular flexibility index (Phi) is 6.24. The maximum absolute atomic E-state index is 12.0. The predicted octanol–water partition coefficient (Wildman–Crippen LogP) is 1.48. The van der Waals surface area contributed by atoms with E-state index in [0.29, 0.717) is 5.01 Å². The van der Waals surface area contributed by atoms with Gasteiger partial charge in [0.1, 0.15) is 5.01 Å². The van der Waals surface area contributed by atoms with Gasteiger partial charge in [-0.25, -0.2) is 9.78 Å². The van der Waals surface area contributed by atoms with E-state index in [0.717, 1.165) is 11.1 Å². The Labute approximate surface area is 149 Å². The molecule has 8 heteroatoms. The van der Waals surface area contributed by atoms with Gasteiger partial charge in [-0.3, -0.25) is 9.59 Å². The molecule has 0 aliphatic heterocycles. The lowest BCUT2D eigenvalue weighted by molar-refractivity contribution is -0.137. The molecule has 1 N–H and O–H groups in total. The van der Waals surface area contributed by atoms with Gasteiger partial charge >= 0.3 is 5.97 Å². The number of ether oxygens (including phenoxy) is 1. The van der Waals surface area contributed by atoms with Gasteiger partial charge in [-0.2, -0.15) is 0 Å². The van der Waals surface area contributed by atoms with Crippen LogP contribution in [-0.2, 0) is 14.3 Å². The maximum atomic E-state index is 12.0. The summed E-state index contributed by atoms with van der Waals surface area (Å²) in [5.74, 6) is -1.44. The Morgan fingerprint density at radius 3 is 2.56 bits per heavy atom. The molecule has 0 unspecified atom stereocenters. The number of carbonyl (C=O) groups excluding carboxylic acids is 3. The number of nitrogens with zero attached hydrogens (tertiary/aromatic N) is 2. The first-order valence-electron chi connectivity index (χ1n) is 7.55. The Bertz CT molecular complexity index is 770. The molecule has 25 heavy (non-hydrogen) atoms. The average molecular weight is 361 g/mol. The van der Waals surface area contributed by atoms with Gasteiger partial charge in [0.2, 0.25) is 5.91 Å². The highest BCUT2D eigenvalue weighted by Gasteiger charge is 2.17. The van der Waals surface area contributed by atoms with E-state index >= 15 is 0 Å². The summed E-state index contributed by atoms with van der Waals surface area (Å²) in [6.45, 7) is 1.46. The molecule has 2 rings (SSSR count). The third-order valence-electron chi connectivity index (χ3n) is 3.42. The van der Waals surface area contributed by atoms with Crippen molar-refractivity contribution in [3.05, 3.63) is 40.9 Å². The van der Waals surface area contributed by atoms with Crippen molar-refractivity contribution >= 4 is 29.1 Å². The zero-order chi connectivity index (χ0) is 18.4. The fraction of sp³-hybridized carbons (Fsp3) is 0.294. The summed E-state index contributed by atoms with van der Waals surface area (Å²) in [6.07, 6.45) is 0. The van der Waals surface area contributed by atoms with Crippen molar-refractivity contribution in [2.24, 2.45) is 0 Å². The first-order chi connectivity index (χ1) is 11.9. The van der Waals surface area contributed by atoms with Gasteiger partial charge in [-0.15, -0.1) is 11.3 Å². The number of esters is 1. The third kappa shape index (κ3) is 5.12. The molecule has 0 saturated carbocycles. The summed E-state index contributed by atoms with van der Waals surface area (Å²) >= 11 is 1.33. The molecule has 0 spiro atoms. The number of nitrogens with one attached hydrogen (secondary N) is 1. The van der Waals surface area contributed by atoms with Gasteiger partial charge in [0, 0.05) is 25.0 Å². The molecule has 0 bridgehead atoms.